The summed E-state index contributed by atoms with van der Waals surface area (Å²) in [5.74, 6) is -6.11. The maximum atomic E-state index is 13.8. The third-order valence-electron chi connectivity index (χ3n) is 10.1. The number of aromatic amines is 1. The van der Waals surface area contributed by atoms with E-state index >= 15 is 0 Å². The van der Waals surface area contributed by atoms with E-state index in [1.807, 2.05) is 45.0 Å². The molecule has 6 atom stereocenters. The van der Waals surface area contributed by atoms with Crippen molar-refractivity contribution in [2.45, 2.75) is 123 Å². The van der Waals surface area contributed by atoms with Crippen molar-refractivity contribution in [2.24, 2.45) is 23.5 Å². The number of carbonyl (C=O) groups excluding carboxylic acids is 6. The number of Topliss-reactive ketones (excluding diaryl/α,β-unsaturated/α-hetero) is 3. The summed E-state index contributed by atoms with van der Waals surface area (Å²) in [4.78, 5) is 83.6. The van der Waals surface area contributed by atoms with Gasteiger partial charge in [-0.05, 0) is 56.7 Å². The summed E-state index contributed by atoms with van der Waals surface area (Å²) in [5.41, 5.74) is 7.36. The minimum absolute atomic E-state index is 0.178. The summed E-state index contributed by atoms with van der Waals surface area (Å²) in [6.45, 7) is 11.7. The second-order valence-electron chi connectivity index (χ2n) is 15.8. The number of amides is 3. The average Bonchev–Trinajstić information content (AvgIpc) is 3.60. The molecule has 0 spiro atoms. The average molecular weight is 831 g/mol. The molecular weight excluding hydrogens is 761 g/mol. The fraction of sp³-hybridized carbons (Fsp3) is 0.674. The van der Waals surface area contributed by atoms with Crippen molar-refractivity contribution in [2.75, 3.05) is 46.1 Å². The van der Waals surface area contributed by atoms with Crippen LogP contribution in [0.3, 0.4) is 0 Å². The summed E-state index contributed by atoms with van der Waals surface area (Å²) >= 11 is 0. The monoisotopic (exact) mass is 831 g/mol. The number of ether oxygens (including phenoxy) is 2. The largest absolute Gasteiger partial charge is 0.396 e. The molecule has 9 N–H and O–H groups in total. The van der Waals surface area contributed by atoms with Crippen LogP contribution in [0.2, 0.25) is 0 Å². The van der Waals surface area contributed by atoms with Gasteiger partial charge in [-0.2, -0.15) is 0 Å². The van der Waals surface area contributed by atoms with Crippen LogP contribution in [0, 0.1) is 17.8 Å². The first-order valence-electron chi connectivity index (χ1n) is 21.0. The molecular formula is C43H70N6O10. The van der Waals surface area contributed by atoms with Gasteiger partial charge in [0.1, 0.15) is 6.61 Å². The molecule has 16 nitrogen and oxygen atoms in total. The third-order valence-corrected chi connectivity index (χ3v) is 10.1. The van der Waals surface area contributed by atoms with Gasteiger partial charge in [0.25, 0.3) is 0 Å². The molecule has 0 unspecified atom stereocenters. The van der Waals surface area contributed by atoms with Crippen LogP contribution in [0.1, 0.15) is 92.1 Å². The fourth-order valence-electron chi connectivity index (χ4n) is 6.65. The molecule has 16 heteroatoms. The van der Waals surface area contributed by atoms with Crippen LogP contribution in [0.25, 0.3) is 10.9 Å². The van der Waals surface area contributed by atoms with Crippen LogP contribution in [0.5, 0.6) is 0 Å². The van der Waals surface area contributed by atoms with E-state index in [0.29, 0.717) is 51.6 Å². The Morgan fingerprint density at radius 1 is 0.831 bits per heavy atom. The number of nitrogens with two attached hydrogens (primary N) is 1. The number of para-hydroxylation sites is 1. The number of carbonyl (C=O) groups is 6. The van der Waals surface area contributed by atoms with Gasteiger partial charge < -0.3 is 51.7 Å². The highest BCUT2D eigenvalue weighted by Gasteiger charge is 2.35. The molecule has 0 aliphatic rings. The van der Waals surface area contributed by atoms with E-state index in [9.17, 15) is 39.0 Å². The van der Waals surface area contributed by atoms with Crippen LogP contribution in [0.15, 0.2) is 30.5 Å². The van der Waals surface area contributed by atoms with Crippen LogP contribution < -0.4 is 27.0 Å². The van der Waals surface area contributed by atoms with Gasteiger partial charge in [0, 0.05) is 55.4 Å². The van der Waals surface area contributed by atoms with Gasteiger partial charge in [-0.1, -0.05) is 52.8 Å². The summed E-state index contributed by atoms with van der Waals surface area (Å²) in [6.07, 6.45) is 2.04. The first-order valence-corrected chi connectivity index (χ1v) is 21.0. The number of hydrogen-bond donors (Lipinski definition) is 8. The second-order valence-corrected chi connectivity index (χ2v) is 15.8. The number of fused-ring (bicyclic) bond motifs is 1. The van der Waals surface area contributed by atoms with E-state index in [4.69, 9.17) is 15.2 Å². The number of nitrogens with one attached hydrogen (secondary N) is 5. The lowest BCUT2D eigenvalue weighted by Gasteiger charge is -2.27. The van der Waals surface area contributed by atoms with Crippen molar-refractivity contribution in [1.82, 2.24) is 26.3 Å². The summed E-state index contributed by atoms with van der Waals surface area (Å²) in [7, 11) is 0. The predicted octanol–water partition coefficient (Wildman–Crippen LogP) is 1.87. The highest BCUT2D eigenvalue weighted by Crippen LogP contribution is 2.21. The first-order chi connectivity index (χ1) is 28.1. The van der Waals surface area contributed by atoms with Crippen molar-refractivity contribution in [3.63, 3.8) is 0 Å². The lowest BCUT2D eigenvalue weighted by molar-refractivity contribution is -0.138. The number of aliphatic hydroxyl groups excluding tert-OH is 2. The van der Waals surface area contributed by atoms with E-state index in [2.05, 4.69) is 26.3 Å². The first kappa shape index (κ1) is 51.1. The quantitative estimate of drug-likeness (QED) is 0.0493. The van der Waals surface area contributed by atoms with Crippen molar-refractivity contribution < 1.29 is 48.5 Å². The molecule has 3 amide bonds. The molecule has 59 heavy (non-hydrogen) atoms. The molecule has 0 bridgehead atoms. The number of unbranched alkanes of at least 4 members (excludes halogenated alkanes) is 1. The number of rotatable bonds is 32. The van der Waals surface area contributed by atoms with Crippen molar-refractivity contribution in [3.05, 3.63) is 36.0 Å². The van der Waals surface area contributed by atoms with Crippen LogP contribution in [0.4, 0.5) is 0 Å². The maximum absolute atomic E-state index is 13.8. The molecule has 1 heterocycles. The summed E-state index contributed by atoms with van der Waals surface area (Å²) in [6, 6.07) is 4.95. The Morgan fingerprint density at radius 3 is 2.19 bits per heavy atom. The topological polar surface area (TPSA) is 251 Å². The molecule has 1 aromatic heterocycles. The van der Waals surface area contributed by atoms with Gasteiger partial charge in [-0.3, -0.25) is 28.8 Å². The maximum Gasteiger partial charge on any atom is 0.246 e. The van der Waals surface area contributed by atoms with E-state index in [1.54, 1.807) is 20.0 Å². The second kappa shape index (κ2) is 27.7. The number of aliphatic hydroxyl groups is 2. The highest BCUT2D eigenvalue weighted by atomic mass is 16.5. The fourth-order valence-corrected chi connectivity index (χ4v) is 6.65. The van der Waals surface area contributed by atoms with Crippen LogP contribution in [-0.2, 0) is 44.7 Å². The predicted molar refractivity (Wildman–Crippen MR) is 225 cm³/mol. The van der Waals surface area contributed by atoms with Gasteiger partial charge in [-0.15, -0.1) is 0 Å². The number of H-pyrrole nitrogens is 1. The van der Waals surface area contributed by atoms with Gasteiger partial charge in [-0.25, -0.2) is 0 Å². The normalized spacial score (nSPS) is 14.7. The van der Waals surface area contributed by atoms with E-state index in [0.717, 1.165) is 16.5 Å². The molecule has 2 aromatic rings. The molecule has 2 rings (SSSR count). The Hall–Kier alpha value is -4.06. The molecule has 1 aromatic carbocycles. The lowest BCUT2D eigenvalue weighted by Crippen LogP contribution is -2.51. The zero-order valence-corrected chi connectivity index (χ0v) is 35.8. The molecule has 0 saturated heterocycles. The Bertz CT molecular complexity index is 1610. The molecule has 0 fully saturated rings. The summed E-state index contributed by atoms with van der Waals surface area (Å²) < 4.78 is 10.9. The van der Waals surface area contributed by atoms with Crippen LogP contribution in [-0.4, -0.2) is 127 Å². The van der Waals surface area contributed by atoms with Gasteiger partial charge in [0.05, 0.1) is 62.5 Å². The van der Waals surface area contributed by atoms with Gasteiger partial charge >= 0.3 is 0 Å². The molecule has 332 valence electrons. The Balaban J connectivity index is 2.08. The smallest absolute Gasteiger partial charge is 0.246 e. The summed E-state index contributed by atoms with van der Waals surface area (Å²) in [5, 5.41) is 33.2. The minimum Gasteiger partial charge on any atom is -0.396 e. The number of ketones is 3. The highest BCUT2D eigenvalue weighted by molar-refractivity contribution is 5.97. The molecule has 0 aliphatic carbocycles. The van der Waals surface area contributed by atoms with E-state index < -0.39 is 90.7 Å². The number of benzene rings is 1. The van der Waals surface area contributed by atoms with Crippen LogP contribution >= 0.6 is 0 Å². The number of aromatic nitrogens is 1. The Labute approximate surface area is 348 Å². The zero-order valence-electron chi connectivity index (χ0n) is 35.8. The van der Waals surface area contributed by atoms with Crippen molar-refractivity contribution in [3.8, 4) is 0 Å². The number of hydrogen-bond acceptors (Lipinski definition) is 12. The third kappa shape index (κ3) is 18.4. The van der Waals surface area contributed by atoms with Gasteiger partial charge in [0.2, 0.25) is 17.7 Å². The van der Waals surface area contributed by atoms with E-state index in [-0.39, 0.29) is 38.3 Å². The standard InChI is InChI=1S/C43H70N6O10/c1-7-12-37(52)36(21-30-24-46-34-14-9-8-13-32(30)34)48-43(57)33(29(6)51)23-39(54)41(27(2)3)49-42(56)31(25-50)22-38(53)35(15-10-11-16-44)47-40(55)26-59-20-19-58-18-17-45-28(4)5/h8-9,13-14,24,27-29,31,33,35-36,41,45-46,50-51H,7,10-12,15-23,25-26,44H2,1-6H3,(H,47,55)(H,48,57)(H,49,56)/t29-,31+,33+,35+,36+,41+/m1/s1. The Morgan fingerprint density at radius 2 is 1.54 bits per heavy atom. The van der Waals surface area contributed by atoms with Gasteiger partial charge in [0.15, 0.2) is 17.3 Å². The zero-order chi connectivity index (χ0) is 43.9. The van der Waals surface area contributed by atoms with Crippen molar-refractivity contribution >= 4 is 46.0 Å². The lowest BCUT2D eigenvalue weighted by atomic mass is 9.88. The SMILES string of the molecule is CCCC(=O)[C@H](Cc1c[nH]c2ccccc12)NC(=O)[C@@H](CC(=O)[C@@H](NC(=O)[C@H](CO)CC(=O)[C@H](CCCCN)NC(=O)COCCOCCNC(C)C)C(C)C)[C@@H](C)O. The van der Waals surface area contributed by atoms with E-state index in [1.165, 1.54) is 6.92 Å². The molecule has 0 radical (unpaired) electrons. The Kier molecular flexibility index (Phi) is 23.9. The minimum atomic E-state index is -1.28. The molecule has 0 aliphatic heterocycles. The van der Waals surface area contributed by atoms with Crippen molar-refractivity contribution in [1.29, 1.82) is 0 Å². The molecule has 0 saturated carbocycles.